The minimum Gasteiger partial charge on any atom is -0.493 e. The van der Waals surface area contributed by atoms with E-state index in [9.17, 15) is 4.79 Å². The highest BCUT2D eigenvalue weighted by atomic mass is 16.5. The molecule has 0 bridgehead atoms. The second kappa shape index (κ2) is 10.5. The van der Waals surface area contributed by atoms with E-state index in [-0.39, 0.29) is 12.0 Å². The molecule has 31 heavy (non-hydrogen) atoms. The number of rotatable bonds is 8. The van der Waals surface area contributed by atoms with Gasteiger partial charge in [0.1, 0.15) is 6.10 Å². The number of likely N-dealkylation sites (tertiary alicyclic amines) is 1. The summed E-state index contributed by atoms with van der Waals surface area (Å²) in [4.78, 5) is 22.8. The summed E-state index contributed by atoms with van der Waals surface area (Å²) in [6.45, 7) is 1.12. The highest BCUT2D eigenvalue weighted by molar-refractivity contribution is 5.92. The van der Waals surface area contributed by atoms with Crippen molar-refractivity contribution in [1.29, 1.82) is 0 Å². The van der Waals surface area contributed by atoms with Crippen LogP contribution in [-0.4, -0.2) is 68.4 Å². The van der Waals surface area contributed by atoms with Crippen molar-refractivity contribution < 1.29 is 28.5 Å². The first-order valence-electron chi connectivity index (χ1n) is 9.88. The molecule has 1 aliphatic heterocycles. The zero-order chi connectivity index (χ0) is 22.2. The Labute approximate surface area is 181 Å². The summed E-state index contributed by atoms with van der Waals surface area (Å²) >= 11 is 0. The molecule has 1 aromatic carbocycles. The van der Waals surface area contributed by atoms with Gasteiger partial charge in [0.15, 0.2) is 11.5 Å². The molecule has 0 radical (unpaired) electrons. The zero-order valence-electron chi connectivity index (χ0n) is 18.2. The number of aromatic nitrogens is 2. The molecule has 0 saturated carbocycles. The third-order valence-electron chi connectivity index (χ3n) is 4.90. The summed E-state index contributed by atoms with van der Waals surface area (Å²) in [5.41, 5.74) is 0.761. The Balaban J connectivity index is 1.68. The minimum atomic E-state index is -0.183. The molecule has 1 fully saturated rings. The number of nitrogens with zero attached hydrogens (tertiary/aromatic N) is 3. The molecule has 1 amide bonds. The largest absolute Gasteiger partial charge is 0.493 e. The van der Waals surface area contributed by atoms with E-state index in [0.717, 1.165) is 18.4 Å². The summed E-state index contributed by atoms with van der Waals surface area (Å²) in [6.07, 6.45) is 7.81. The van der Waals surface area contributed by atoms with E-state index >= 15 is 0 Å². The van der Waals surface area contributed by atoms with Gasteiger partial charge >= 0.3 is 0 Å². The van der Waals surface area contributed by atoms with Crippen LogP contribution >= 0.6 is 0 Å². The lowest BCUT2D eigenvalue weighted by molar-refractivity contribution is -0.128. The van der Waals surface area contributed by atoms with Crippen molar-refractivity contribution >= 4 is 12.0 Å². The Kier molecular flexibility index (Phi) is 7.53. The van der Waals surface area contributed by atoms with Crippen LogP contribution in [0.4, 0.5) is 0 Å². The Morgan fingerprint density at radius 2 is 1.68 bits per heavy atom. The zero-order valence-corrected chi connectivity index (χ0v) is 18.2. The minimum absolute atomic E-state index is 0.104. The fourth-order valence-corrected chi connectivity index (χ4v) is 3.40. The topological polar surface area (TPSA) is 92.2 Å². The van der Waals surface area contributed by atoms with Crippen LogP contribution in [0.1, 0.15) is 18.4 Å². The maximum Gasteiger partial charge on any atom is 0.278 e. The Bertz CT molecular complexity index is 908. The van der Waals surface area contributed by atoms with Crippen LogP contribution in [0.2, 0.25) is 0 Å². The molecule has 9 nitrogen and oxygen atoms in total. The summed E-state index contributed by atoms with van der Waals surface area (Å²) in [7, 11) is 6.16. The van der Waals surface area contributed by atoms with Gasteiger partial charge in [0, 0.05) is 25.0 Å². The van der Waals surface area contributed by atoms with Crippen LogP contribution in [-0.2, 0) is 4.79 Å². The van der Waals surface area contributed by atoms with Crippen molar-refractivity contribution in [3.8, 4) is 29.0 Å². The lowest BCUT2D eigenvalue weighted by atomic mass is 10.1. The van der Waals surface area contributed by atoms with Crippen LogP contribution in [0.5, 0.6) is 29.0 Å². The Morgan fingerprint density at radius 1 is 1.00 bits per heavy atom. The van der Waals surface area contributed by atoms with Crippen molar-refractivity contribution in [3.63, 3.8) is 0 Å². The molecular weight excluding hydrogens is 402 g/mol. The van der Waals surface area contributed by atoms with Gasteiger partial charge in [0.05, 0.1) is 35.0 Å². The molecule has 0 spiro atoms. The predicted molar refractivity (Wildman–Crippen MR) is 114 cm³/mol. The molecule has 1 saturated heterocycles. The van der Waals surface area contributed by atoms with Crippen molar-refractivity contribution in [2.24, 2.45) is 0 Å². The van der Waals surface area contributed by atoms with Crippen LogP contribution in [0, 0.1) is 0 Å². The van der Waals surface area contributed by atoms with Gasteiger partial charge in [-0.3, -0.25) is 4.79 Å². The number of carbonyl (C=O) groups is 1. The highest BCUT2D eigenvalue weighted by Gasteiger charge is 2.25. The van der Waals surface area contributed by atoms with Crippen molar-refractivity contribution in [2.45, 2.75) is 18.9 Å². The molecule has 3 rings (SSSR count). The molecule has 0 N–H and O–H groups in total. The van der Waals surface area contributed by atoms with Gasteiger partial charge in [-0.15, -0.1) is 0 Å². The first kappa shape index (κ1) is 22.2. The molecule has 9 heteroatoms. The lowest BCUT2D eigenvalue weighted by Crippen LogP contribution is -2.43. The number of ether oxygens (including phenoxy) is 5. The first-order chi connectivity index (χ1) is 15.1. The number of piperidine rings is 1. The first-order valence-corrected chi connectivity index (χ1v) is 9.88. The smallest absolute Gasteiger partial charge is 0.278 e. The van der Waals surface area contributed by atoms with Crippen molar-refractivity contribution in [1.82, 2.24) is 14.9 Å². The van der Waals surface area contributed by atoms with E-state index in [1.54, 1.807) is 50.6 Å². The number of methoxy groups -OCH3 is 4. The maximum atomic E-state index is 12.8. The lowest BCUT2D eigenvalue weighted by Gasteiger charge is -2.32. The van der Waals surface area contributed by atoms with Gasteiger partial charge in [-0.1, -0.05) is 0 Å². The van der Waals surface area contributed by atoms with E-state index in [4.69, 9.17) is 23.7 Å². The Morgan fingerprint density at radius 3 is 2.29 bits per heavy atom. The van der Waals surface area contributed by atoms with Crippen LogP contribution in [0.3, 0.4) is 0 Å². The van der Waals surface area contributed by atoms with Gasteiger partial charge in [-0.2, -0.15) is 0 Å². The van der Waals surface area contributed by atoms with Gasteiger partial charge < -0.3 is 28.6 Å². The molecule has 166 valence electrons. The molecular formula is C22H27N3O6. The van der Waals surface area contributed by atoms with E-state index in [1.165, 1.54) is 19.4 Å². The van der Waals surface area contributed by atoms with Gasteiger partial charge in [0.2, 0.25) is 11.7 Å². The number of benzene rings is 1. The molecule has 2 aromatic rings. The fourth-order valence-electron chi connectivity index (χ4n) is 3.40. The summed E-state index contributed by atoms with van der Waals surface area (Å²) < 4.78 is 27.2. The average Bonchev–Trinajstić information content (AvgIpc) is 2.82. The normalized spacial score (nSPS) is 16.1. The van der Waals surface area contributed by atoms with Gasteiger partial charge in [-0.05, 0) is 36.6 Å². The summed E-state index contributed by atoms with van der Waals surface area (Å²) in [5, 5.41) is 0. The monoisotopic (exact) mass is 429 g/mol. The molecule has 1 aromatic heterocycles. The maximum absolute atomic E-state index is 12.8. The number of amides is 1. The average molecular weight is 429 g/mol. The summed E-state index contributed by atoms with van der Waals surface area (Å²) in [6, 6.07) is 3.57. The van der Waals surface area contributed by atoms with E-state index in [1.807, 2.05) is 0 Å². The summed E-state index contributed by atoms with van der Waals surface area (Å²) in [5.74, 6) is 2.11. The fraction of sp³-hybridized carbons (Fsp3) is 0.409. The second-order valence-electron chi connectivity index (χ2n) is 6.83. The van der Waals surface area contributed by atoms with Crippen molar-refractivity contribution in [3.05, 3.63) is 36.2 Å². The molecule has 1 unspecified atom stereocenters. The second-order valence-corrected chi connectivity index (χ2v) is 6.83. The molecule has 0 aliphatic carbocycles. The Hall–Kier alpha value is -3.49. The highest BCUT2D eigenvalue weighted by Crippen LogP contribution is 2.38. The third-order valence-corrected chi connectivity index (χ3v) is 4.90. The molecule has 2 heterocycles. The van der Waals surface area contributed by atoms with Gasteiger partial charge in [0.25, 0.3) is 11.8 Å². The van der Waals surface area contributed by atoms with Crippen LogP contribution in [0.15, 0.2) is 30.6 Å². The predicted octanol–water partition coefficient (Wildman–Crippen LogP) is 2.59. The van der Waals surface area contributed by atoms with Crippen LogP contribution in [0.25, 0.3) is 6.08 Å². The number of carbonyl (C=O) groups excluding carboxylic acids is 1. The SMILES string of the molecule is COc1cc(/C=C/C(=O)N2CCCC(Oc3nccnc3OC)C2)cc(OC)c1OC. The van der Waals surface area contributed by atoms with Crippen LogP contribution < -0.4 is 23.7 Å². The van der Waals surface area contributed by atoms with E-state index in [0.29, 0.717) is 42.1 Å². The molecule has 1 atom stereocenters. The van der Waals surface area contributed by atoms with E-state index < -0.39 is 0 Å². The van der Waals surface area contributed by atoms with Crippen molar-refractivity contribution in [2.75, 3.05) is 41.5 Å². The van der Waals surface area contributed by atoms with Gasteiger partial charge in [-0.25, -0.2) is 9.97 Å². The standard InChI is InChI=1S/C22H27N3O6/c1-27-17-12-15(13-18(28-2)20(17)29-3)7-8-19(26)25-11-5-6-16(14-25)31-22-21(30-4)23-9-10-24-22/h7-10,12-13,16H,5-6,11,14H2,1-4H3/b8-7+. The number of hydrogen-bond donors (Lipinski definition) is 0. The third kappa shape index (κ3) is 5.36. The van der Waals surface area contributed by atoms with E-state index in [2.05, 4.69) is 9.97 Å². The molecule has 1 aliphatic rings. The number of hydrogen-bond acceptors (Lipinski definition) is 8. The quantitative estimate of drug-likeness (QED) is 0.592.